The summed E-state index contributed by atoms with van der Waals surface area (Å²) in [5, 5.41) is 4.65. The number of nitrogens with one attached hydrogen (secondary N) is 1. The predicted octanol–water partition coefficient (Wildman–Crippen LogP) is 4.93. The van der Waals surface area contributed by atoms with E-state index in [-0.39, 0.29) is 62.5 Å². The van der Waals surface area contributed by atoms with Gasteiger partial charge < -0.3 is 28.6 Å². The van der Waals surface area contributed by atoms with E-state index in [4.69, 9.17) is 28.4 Å². The van der Waals surface area contributed by atoms with E-state index in [0.29, 0.717) is 79.3 Å². The number of aromatic nitrogens is 3. The van der Waals surface area contributed by atoms with E-state index < -0.39 is 39.5 Å². The SMILES string of the molecule is C[C@@]12CCCN(C1)c1nc(OC[C@@]34CCCN3C[C@H](F)C4)nc3c(F)c(ncc13)-c1cc(OS(=O)(=O)N3CCOCC3)cc3cccc(c13)CCCOC(=O)N2. The third kappa shape index (κ3) is 6.96. The number of hydrogen-bond acceptors (Lipinski definition) is 12. The number of carbonyl (C=O) groups is 1. The maximum Gasteiger partial charge on any atom is 0.407 e. The van der Waals surface area contributed by atoms with Gasteiger partial charge in [0.1, 0.15) is 35.6 Å². The molecule has 6 aliphatic heterocycles. The number of pyridine rings is 1. The molecule has 17 heteroatoms. The van der Waals surface area contributed by atoms with Crippen LogP contribution in [0.15, 0.2) is 36.5 Å². The quantitative estimate of drug-likeness (QED) is 0.283. The smallest absolute Gasteiger partial charge is 0.407 e. The third-order valence-corrected chi connectivity index (χ3v) is 13.3. The summed E-state index contributed by atoms with van der Waals surface area (Å²) in [6.07, 6.45) is 4.43. The standard InChI is InChI=1S/C39H45F2N7O7S/c1-38-9-4-11-46(23-38)35-30-21-42-33(32(41)34(30)43-36(44-35)54-24-39-10-5-12-47(39)22-27(40)20-39)29-19-28(55-56(50,51)48-13-16-52-17-14-48)18-26-7-2-6-25(31(26)29)8-3-15-53-37(49)45-38/h2,6-7,18-19,21,27H,3-5,8-17,20,22-24H2,1H3,(H,45,49)/t27-,38-,39+/m1/s1. The molecular weight excluding hydrogens is 749 g/mol. The number of halogens is 2. The Kier molecular flexibility index (Phi) is 9.61. The van der Waals surface area contributed by atoms with Gasteiger partial charge in [-0.05, 0) is 80.5 Å². The van der Waals surface area contributed by atoms with Crippen LogP contribution in [0.4, 0.5) is 19.4 Å². The molecule has 2 aromatic heterocycles. The van der Waals surface area contributed by atoms with Gasteiger partial charge in [-0.3, -0.25) is 9.88 Å². The molecule has 1 amide bonds. The number of benzene rings is 2. The zero-order chi connectivity index (χ0) is 38.7. The van der Waals surface area contributed by atoms with Crippen molar-refractivity contribution in [3.63, 3.8) is 0 Å². The Balaban J connectivity index is 1.20. The van der Waals surface area contributed by atoms with Gasteiger partial charge in [-0.1, -0.05) is 18.2 Å². The van der Waals surface area contributed by atoms with Crippen molar-refractivity contribution in [2.24, 2.45) is 0 Å². The summed E-state index contributed by atoms with van der Waals surface area (Å²) in [4.78, 5) is 31.5. The number of amides is 1. The number of carbonyl (C=O) groups excluding carboxylic acids is 1. The Morgan fingerprint density at radius 2 is 1.89 bits per heavy atom. The van der Waals surface area contributed by atoms with Crippen LogP contribution in [0.25, 0.3) is 32.9 Å². The van der Waals surface area contributed by atoms with Gasteiger partial charge >= 0.3 is 22.4 Å². The number of hydrogen-bond donors (Lipinski definition) is 1. The molecule has 6 aliphatic rings. The first-order valence-corrected chi connectivity index (χ1v) is 20.8. The second-order valence-corrected chi connectivity index (χ2v) is 17.4. The predicted molar refractivity (Wildman–Crippen MR) is 203 cm³/mol. The first-order valence-electron chi connectivity index (χ1n) is 19.4. The molecule has 14 nitrogen and oxygen atoms in total. The molecule has 0 radical (unpaired) electrons. The van der Waals surface area contributed by atoms with Crippen LogP contribution in [0, 0.1) is 5.82 Å². The lowest BCUT2D eigenvalue weighted by Crippen LogP contribution is -2.57. The third-order valence-electron chi connectivity index (χ3n) is 11.9. The van der Waals surface area contributed by atoms with Gasteiger partial charge in [0.25, 0.3) is 0 Å². The molecule has 1 N–H and O–H groups in total. The number of rotatable bonds is 6. The highest BCUT2D eigenvalue weighted by molar-refractivity contribution is 7.84. The first kappa shape index (κ1) is 37.1. The van der Waals surface area contributed by atoms with Crippen LogP contribution in [-0.2, 0) is 26.2 Å². The van der Waals surface area contributed by atoms with Crippen LogP contribution in [0.3, 0.4) is 0 Å². The van der Waals surface area contributed by atoms with Crippen molar-refractivity contribution in [2.45, 2.75) is 69.1 Å². The van der Waals surface area contributed by atoms with Gasteiger partial charge in [-0.15, -0.1) is 0 Å². The van der Waals surface area contributed by atoms with Crippen LogP contribution in [0.1, 0.15) is 51.0 Å². The Bertz CT molecular complexity index is 2300. The number of fused-ring (bicyclic) bond motifs is 7. The summed E-state index contributed by atoms with van der Waals surface area (Å²) in [7, 11) is -4.22. The lowest BCUT2D eigenvalue weighted by molar-refractivity contribution is 0.0698. The molecule has 0 unspecified atom stereocenters. The van der Waals surface area contributed by atoms with Crippen LogP contribution in [0.5, 0.6) is 11.8 Å². The van der Waals surface area contributed by atoms with Crippen molar-refractivity contribution in [1.82, 2.24) is 29.5 Å². The number of anilines is 1. The van der Waals surface area contributed by atoms with Gasteiger partial charge in [0.15, 0.2) is 5.82 Å². The van der Waals surface area contributed by atoms with Crippen molar-refractivity contribution < 1.29 is 40.4 Å². The van der Waals surface area contributed by atoms with Crippen LogP contribution in [0.2, 0.25) is 0 Å². The molecule has 4 fully saturated rings. The normalized spacial score (nSPS) is 26.3. The zero-order valence-corrected chi connectivity index (χ0v) is 32.1. The molecule has 4 saturated heterocycles. The highest BCUT2D eigenvalue weighted by Gasteiger charge is 2.49. The number of alkyl halides is 1. The van der Waals surface area contributed by atoms with Crippen LogP contribution in [-0.4, -0.2) is 122 Å². The first-order chi connectivity index (χ1) is 27.0. The minimum Gasteiger partial charge on any atom is -0.461 e. The average Bonchev–Trinajstić information content (AvgIpc) is 3.70. The fraction of sp³-hybridized carbons (Fsp3) is 0.538. The number of alkyl carbamates (subject to hydrolysis) is 1. The molecule has 0 saturated carbocycles. The maximum absolute atomic E-state index is 17.5. The minimum atomic E-state index is -4.22. The summed E-state index contributed by atoms with van der Waals surface area (Å²) in [5.41, 5.74) is -0.140. The minimum absolute atomic E-state index is 0.00793. The molecule has 8 heterocycles. The van der Waals surface area contributed by atoms with Crippen LogP contribution >= 0.6 is 0 Å². The monoisotopic (exact) mass is 793 g/mol. The van der Waals surface area contributed by atoms with Gasteiger partial charge in [-0.25, -0.2) is 13.6 Å². The van der Waals surface area contributed by atoms with E-state index in [2.05, 4.69) is 15.2 Å². The Hall–Kier alpha value is -4.45. The molecule has 0 spiro atoms. The summed E-state index contributed by atoms with van der Waals surface area (Å²) >= 11 is 0. The maximum atomic E-state index is 17.5. The molecular formula is C39H45F2N7O7S. The van der Waals surface area contributed by atoms with Crippen molar-refractivity contribution in [2.75, 3.05) is 70.6 Å². The molecule has 6 bridgehead atoms. The van der Waals surface area contributed by atoms with E-state index in [1.54, 1.807) is 12.1 Å². The molecule has 4 aromatic rings. The molecule has 3 atom stereocenters. The summed E-state index contributed by atoms with van der Waals surface area (Å²) < 4.78 is 83.3. The molecule has 0 aliphatic carbocycles. The van der Waals surface area contributed by atoms with E-state index >= 15 is 4.39 Å². The van der Waals surface area contributed by atoms with Crippen molar-refractivity contribution >= 4 is 43.9 Å². The van der Waals surface area contributed by atoms with E-state index in [0.717, 1.165) is 24.9 Å². The number of morpholine rings is 1. The van der Waals surface area contributed by atoms with E-state index in [9.17, 15) is 17.6 Å². The van der Waals surface area contributed by atoms with Crippen molar-refractivity contribution in [3.8, 4) is 23.0 Å². The Morgan fingerprint density at radius 1 is 1.05 bits per heavy atom. The lowest BCUT2D eigenvalue weighted by Gasteiger charge is -2.41. The second kappa shape index (κ2) is 14.5. The molecule has 10 rings (SSSR count). The fourth-order valence-corrected chi connectivity index (χ4v) is 10.3. The number of nitrogens with zero attached hydrogens (tertiary/aromatic N) is 6. The molecule has 56 heavy (non-hydrogen) atoms. The Labute approximate surface area is 323 Å². The number of piperidine rings is 1. The highest BCUT2D eigenvalue weighted by Crippen LogP contribution is 2.42. The largest absolute Gasteiger partial charge is 0.461 e. The summed E-state index contributed by atoms with van der Waals surface area (Å²) in [6, 6.07) is 8.60. The number of ether oxygens (including phenoxy) is 3. The van der Waals surface area contributed by atoms with Gasteiger partial charge in [0, 0.05) is 50.9 Å². The fourth-order valence-electron chi connectivity index (χ4n) is 9.26. The van der Waals surface area contributed by atoms with Crippen LogP contribution < -0.4 is 19.1 Å². The van der Waals surface area contributed by atoms with E-state index in [1.165, 1.54) is 16.6 Å². The molecule has 2 aromatic carbocycles. The lowest BCUT2D eigenvalue weighted by atomic mass is 9.91. The second-order valence-electron chi connectivity index (χ2n) is 15.9. The topological polar surface area (TPSA) is 149 Å². The van der Waals surface area contributed by atoms with Gasteiger partial charge in [-0.2, -0.15) is 22.7 Å². The highest BCUT2D eigenvalue weighted by atomic mass is 32.2. The number of aryl methyl sites for hydroxylation is 1. The van der Waals surface area contributed by atoms with Gasteiger partial charge in [0.05, 0.1) is 36.3 Å². The van der Waals surface area contributed by atoms with Crippen molar-refractivity contribution in [3.05, 3.63) is 47.9 Å². The Morgan fingerprint density at radius 3 is 2.75 bits per heavy atom. The zero-order valence-electron chi connectivity index (χ0n) is 31.3. The summed E-state index contributed by atoms with van der Waals surface area (Å²) in [6.45, 7) is 5.06. The average molecular weight is 794 g/mol. The molecule has 298 valence electrons. The summed E-state index contributed by atoms with van der Waals surface area (Å²) in [5.74, 6) is -0.360. The van der Waals surface area contributed by atoms with Crippen molar-refractivity contribution in [1.29, 1.82) is 0 Å². The van der Waals surface area contributed by atoms with Gasteiger partial charge in [0.2, 0.25) is 0 Å². The van der Waals surface area contributed by atoms with E-state index in [1.807, 2.05) is 24.0 Å².